The summed E-state index contributed by atoms with van der Waals surface area (Å²) < 4.78 is 10.6. The minimum Gasteiger partial charge on any atom is -0.495 e. The molecule has 0 aliphatic heterocycles. The number of carbonyl (C=O) groups is 1. The molecule has 0 aliphatic carbocycles. The maximum atomic E-state index is 12.1. The summed E-state index contributed by atoms with van der Waals surface area (Å²) in [6.07, 6.45) is 4.42. The number of anilines is 1. The summed E-state index contributed by atoms with van der Waals surface area (Å²) in [6, 6.07) is 8.93. The number of rotatable bonds is 11. The van der Waals surface area contributed by atoms with Crippen LogP contribution in [0.25, 0.3) is 0 Å². The smallest absolute Gasteiger partial charge is 0.267 e. The number of carbonyl (C=O) groups excluding carboxylic acids is 1. The van der Waals surface area contributed by atoms with Gasteiger partial charge in [0, 0.05) is 26.0 Å². The number of amides is 1. The molecule has 24 heavy (non-hydrogen) atoms. The molecule has 1 aromatic carbocycles. The first-order chi connectivity index (χ1) is 11.7. The van der Waals surface area contributed by atoms with E-state index >= 15 is 0 Å². The SMILES string of the molecule is CCCCOCCCN/C=C(/C#N)C(=O)Nc1ccccc1OC. The number of methoxy groups -OCH3 is 1. The van der Waals surface area contributed by atoms with Gasteiger partial charge < -0.3 is 20.1 Å². The molecular formula is C18H25N3O3. The molecule has 1 rings (SSSR count). The maximum absolute atomic E-state index is 12.1. The molecule has 0 unspecified atom stereocenters. The Kier molecular flexibility index (Phi) is 9.74. The van der Waals surface area contributed by atoms with Crippen molar-refractivity contribution in [3.05, 3.63) is 36.0 Å². The van der Waals surface area contributed by atoms with Gasteiger partial charge >= 0.3 is 0 Å². The van der Waals surface area contributed by atoms with Crippen molar-refractivity contribution in [2.24, 2.45) is 0 Å². The van der Waals surface area contributed by atoms with Crippen molar-refractivity contribution in [2.45, 2.75) is 26.2 Å². The zero-order chi connectivity index (χ0) is 17.6. The Hall–Kier alpha value is -2.52. The number of para-hydroxylation sites is 2. The molecule has 130 valence electrons. The molecule has 6 heteroatoms. The van der Waals surface area contributed by atoms with Gasteiger partial charge in [-0.25, -0.2) is 0 Å². The van der Waals surface area contributed by atoms with Crippen LogP contribution in [0.15, 0.2) is 36.0 Å². The van der Waals surface area contributed by atoms with Crippen LogP contribution in [0.5, 0.6) is 5.75 Å². The van der Waals surface area contributed by atoms with Crippen LogP contribution >= 0.6 is 0 Å². The Balaban J connectivity index is 2.42. The van der Waals surface area contributed by atoms with E-state index in [0.717, 1.165) is 25.9 Å². The summed E-state index contributed by atoms with van der Waals surface area (Å²) in [5.74, 6) is 0.0639. The Morgan fingerprint density at radius 3 is 2.75 bits per heavy atom. The van der Waals surface area contributed by atoms with Crippen molar-refractivity contribution in [3.8, 4) is 11.8 Å². The molecule has 6 nitrogen and oxygen atoms in total. The normalized spacial score (nSPS) is 10.8. The van der Waals surface area contributed by atoms with Crippen LogP contribution in [-0.2, 0) is 9.53 Å². The van der Waals surface area contributed by atoms with Crippen LogP contribution in [0.1, 0.15) is 26.2 Å². The molecule has 0 aromatic heterocycles. The molecule has 0 radical (unpaired) electrons. The number of nitrogens with zero attached hydrogens (tertiary/aromatic N) is 1. The number of hydrogen-bond donors (Lipinski definition) is 2. The molecule has 0 heterocycles. The van der Waals surface area contributed by atoms with E-state index < -0.39 is 5.91 Å². The quantitative estimate of drug-likeness (QED) is 0.370. The van der Waals surface area contributed by atoms with Gasteiger partial charge in [-0.05, 0) is 25.0 Å². The van der Waals surface area contributed by atoms with Crippen molar-refractivity contribution in [1.82, 2.24) is 5.32 Å². The third-order valence-electron chi connectivity index (χ3n) is 3.22. The molecule has 2 N–H and O–H groups in total. The van der Waals surface area contributed by atoms with Gasteiger partial charge in [0.1, 0.15) is 17.4 Å². The Bertz CT molecular complexity index is 579. The number of unbranched alkanes of at least 4 members (excludes halogenated alkanes) is 1. The Morgan fingerprint density at radius 1 is 1.29 bits per heavy atom. The highest BCUT2D eigenvalue weighted by molar-refractivity contribution is 6.07. The fourth-order valence-corrected chi connectivity index (χ4v) is 1.89. The molecular weight excluding hydrogens is 306 g/mol. The minimum atomic E-state index is -0.478. The molecule has 1 aromatic rings. The molecule has 0 bridgehead atoms. The fourth-order valence-electron chi connectivity index (χ4n) is 1.89. The lowest BCUT2D eigenvalue weighted by Gasteiger charge is -2.09. The average molecular weight is 331 g/mol. The summed E-state index contributed by atoms with van der Waals surface area (Å²) >= 11 is 0. The van der Waals surface area contributed by atoms with Crippen molar-refractivity contribution in [2.75, 3.05) is 32.2 Å². The zero-order valence-corrected chi connectivity index (χ0v) is 14.3. The predicted molar refractivity (Wildman–Crippen MR) is 93.7 cm³/mol. The first-order valence-electron chi connectivity index (χ1n) is 8.08. The second-order valence-electron chi connectivity index (χ2n) is 5.10. The highest BCUT2D eigenvalue weighted by Crippen LogP contribution is 2.23. The van der Waals surface area contributed by atoms with Crippen molar-refractivity contribution < 1.29 is 14.3 Å². The van der Waals surface area contributed by atoms with E-state index in [1.807, 2.05) is 6.07 Å². The number of benzene rings is 1. The first kappa shape index (κ1) is 19.5. The summed E-state index contributed by atoms with van der Waals surface area (Å²) in [7, 11) is 1.52. The van der Waals surface area contributed by atoms with E-state index in [0.29, 0.717) is 24.6 Å². The predicted octanol–water partition coefficient (Wildman–Crippen LogP) is 2.84. The topological polar surface area (TPSA) is 83.4 Å². The summed E-state index contributed by atoms with van der Waals surface area (Å²) in [5.41, 5.74) is 0.531. The second-order valence-corrected chi connectivity index (χ2v) is 5.10. The molecule has 0 fully saturated rings. The molecule has 0 aliphatic rings. The lowest BCUT2D eigenvalue weighted by Crippen LogP contribution is -2.18. The molecule has 0 spiro atoms. The van der Waals surface area contributed by atoms with Gasteiger partial charge in [-0.15, -0.1) is 0 Å². The van der Waals surface area contributed by atoms with Gasteiger partial charge in [0.25, 0.3) is 5.91 Å². The van der Waals surface area contributed by atoms with Crippen LogP contribution in [0.2, 0.25) is 0 Å². The summed E-state index contributed by atoms with van der Waals surface area (Å²) in [4.78, 5) is 12.1. The van der Waals surface area contributed by atoms with E-state index in [1.165, 1.54) is 13.3 Å². The van der Waals surface area contributed by atoms with Crippen molar-refractivity contribution >= 4 is 11.6 Å². The first-order valence-corrected chi connectivity index (χ1v) is 8.08. The van der Waals surface area contributed by atoms with Gasteiger partial charge in [0.2, 0.25) is 0 Å². The Labute approximate surface area is 143 Å². The third kappa shape index (κ3) is 7.16. The Morgan fingerprint density at radius 2 is 2.04 bits per heavy atom. The molecule has 0 atom stereocenters. The monoisotopic (exact) mass is 331 g/mol. The lowest BCUT2D eigenvalue weighted by atomic mass is 10.2. The molecule has 0 saturated heterocycles. The van der Waals surface area contributed by atoms with E-state index in [2.05, 4.69) is 17.6 Å². The highest BCUT2D eigenvalue weighted by atomic mass is 16.5. The molecule has 1 amide bonds. The standard InChI is InChI=1S/C18H25N3O3/c1-3-4-11-24-12-7-10-20-14-15(13-19)18(22)21-16-8-5-6-9-17(16)23-2/h5-6,8-9,14,20H,3-4,7,10-12H2,1-2H3,(H,21,22)/b15-14-. The van der Waals surface area contributed by atoms with E-state index in [-0.39, 0.29) is 5.57 Å². The van der Waals surface area contributed by atoms with Gasteiger partial charge in [-0.1, -0.05) is 25.5 Å². The minimum absolute atomic E-state index is 0.00723. The van der Waals surface area contributed by atoms with E-state index in [4.69, 9.17) is 14.7 Å². The van der Waals surface area contributed by atoms with Crippen LogP contribution in [0, 0.1) is 11.3 Å². The van der Waals surface area contributed by atoms with Gasteiger partial charge in [0.15, 0.2) is 0 Å². The molecule has 0 saturated carbocycles. The maximum Gasteiger partial charge on any atom is 0.267 e. The van der Waals surface area contributed by atoms with E-state index in [1.54, 1.807) is 24.3 Å². The van der Waals surface area contributed by atoms with Crippen molar-refractivity contribution in [1.29, 1.82) is 5.26 Å². The zero-order valence-electron chi connectivity index (χ0n) is 14.3. The highest BCUT2D eigenvalue weighted by Gasteiger charge is 2.11. The average Bonchev–Trinajstić information content (AvgIpc) is 2.61. The lowest BCUT2D eigenvalue weighted by molar-refractivity contribution is -0.112. The van der Waals surface area contributed by atoms with Crippen LogP contribution in [0.4, 0.5) is 5.69 Å². The second kappa shape index (κ2) is 12.0. The third-order valence-corrected chi connectivity index (χ3v) is 3.22. The van der Waals surface area contributed by atoms with E-state index in [9.17, 15) is 4.79 Å². The van der Waals surface area contributed by atoms with Gasteiger partial charge in [0.05, 0.1) is 12.8 Å². The largest absolute Gasteiger partial charge is 0.495 e. The van der Waals surface area contributed by atoms with Gasteiger partial charge in [-0.3, -0.25) is 4.79 Å². The number of nitriles is 1. The summed E-state index contributed by atoms with van der Waals surface area (Å²) in [5, 5.41) is 14.8. The van der Waals surface area contributed by atoms with Crippen LogP contribution in [-0.4, -0.2) is 32.8 Å². The number of nitrogens with one attached hydrogen (secondary N) is 2. The number of ether oxygens (including phenoxy) is 2. The fraction of sp³-hybridized carbons (Fsp3) is 0.444. The van der Waals surface area contributed by atoms with Crippen molar-refractivity contribution in [3.63, 3.8) is 0 Å². The number of hydrogen-bond acceptors (Lipinski definition) is 5. The summed E-state index contributed by atoms with van der Waals surface area (Å²) in [6.45, 7) is 4.20. The van der Waals surface area contributed by atoms with Crippen LogP contribution < -0.4 is 15.4 Å². The van der Waals surface area contributed by atoms with Crippen LogP contribution in [0.3, 0.4) is 0 Å². The van der Waals surface area contributed by atoms with Gasteiger partial charge in [-0.2, -0.15) is 5.26 Å².